The summed E-state index contributed by atoms with van der Waals surface area (Å²) in [6, 6.07) is 19.6. The maximum Gasteiger partial charge on any atom is 0.316 e. The van der Waals surface area contributed by atoms with Crippen molar-refractivity contribution in [3.63, 3.8) is 0 Å². The molecule has 24 heavy (non-hydrogen) atoms. The number of rotatable bonds is 5. The number of nitrogens with zero attached hydrogens (tertiary/aromatic N) is 1. The SMILES string of the molecule is O=C1CN(Cc2ccccc2)CC[C@H]1C(=O)OCc1ccccc1. The Kier molecular flexibility index (Phi) is 5.39. The number of ether oxygens (including phenoxy) is 1. The van der Waals surface area contributed by atoms with Crippen LogP contribution in [0.1, 0.15) is 17.5 Å². The minimum absolute atomic E-state index is 0.0461. The zero-order chi connectivity index (χ0) is 16.8. The fraction of sp³-hybridized carbons (Fsp3) is 0.300. The zero-order valence-corrected chi connectivity index (χ0v) is 13.6. The molecule has 1 atom stereocenters. The number of ketones is 1. The van der Waals surface area contributed by atoms with Gasteiger partial charge in [-0.1, -0.05) is 60.7 Å². The maximum absolute atomic E-state index is 12.3. The molecule has 0 aromatic heterocycles. The van der Waals surface area contributed by atoms with E-state index in [1.165, 1.54) is 5.56 Å². The highest BCUT2D eigenvalue weighted by Gasteiger charge is 2.33. The van der Waals surface area contributed by atoms with E-state index < -0.39 is 11.9 Å². The molecule has 1 saturated heterocycles. The number of likely N-dealkylation sites (tertiary alicyclic amines) is 1. The van der Waals surface area contributed by atoms with Crippen LogP contribution in [0.25, 0.3) is 0 Å². The third kappa shape index (κ3) is 4.30. The Hall–Kier alpha value is -2.46. The first-order valence-electron chi connectivity index (χ1n) is 8.22. The Labute approximate surface area is 142 Å². The Bertz CT molecular complexity index is 685. The highest BCUT2D eigenvalue weighted by molar-refractivity contribution is 6.00. The summed E-state index contributed by atoms with van der Waals surface area (Å²) < 4.78 is 5.31. The molecule has 2 aromatic rings. The smallest absolute Gasteiger partial charge is 0.316 e. The number of hydrogen-bond acceptors (Lipinski definition) is 4. The van der Waals surface area contributed by atoms with Crippen molar-refractivity contribution in [2.75, 3.05) is 13.1 Å². The average Bonchev–Trinajstić information content (AvgIpc) is 2.61. The lowest BCUT2D eigenvalue weighted by Crippen LogP contribution is -2.43. The van der Waals surface area contributed by atoms with Crippen molar-refractivity contribution in [3.05, 3.63) is 71.8 Å². The molecule has 4 nitrogen and oxygen atoms in total. The number of esters is 1. The van der Waals surface area contributed by atoms with Crippen molar-refractivity contribution in [2.45, 2.75) is 19.6 Å². The van der Waals surface area contributed by atoms with Crippen molar-refractivity contribution in [1.29, 1.82) is 0 Å². The van der Waals surface area contributed by atoms with Gasteiger partial charge in [-0.05, 0) is 17.5 Å². The monoisotopic (exact) mass is 323 g/mol. The lowest BCUT2D eigenvalue weighted by atomic mass is 9.95. The second-order valence-corrected chi connectivity index (χ2v) is 6.10. The normalized spacial score (nSPS) is 18.3. The summed E-state index contributed by atoms with van der Waals surface area (Å²) in [6.07, 6.45) is 0.527. The van der Waals surface area contributed by atoms with Crippen LogP contribution in [0.5, 0.6) is 0 Å². The first-order valence-corrected chi connectivity index (χ1v) is 8.22. The highest BCUT2D eigenvalue weighted by atomic mass is 16.5. The third-order valence-electron chi connectivity index (χ3n) is 4.26. The molecule has 0 unspecified atom stereocenters. The van der Waals surface area contributed by atoms with Gasteiger partial charge in [-0.25, -0.2) is 0 Å². The molecule has 4 heteroatoms. The van der Waals surface area contributed by atoms with E-state index in [4.69, 9.17) is 4.74 Å². The van der Waals surface area contributed by atoms with Crippen molar-refractivity contribution in [1.82, 2.24) is 4.90 Å². The molecule has 0 N–H and O–H groups in total. The lowest BCUT2D eigenvalue weighted by Gasteiger charge is -2.29. The molecule has 3 rings (SSSR count). The second-order valence-electron chi connectivity index (χ2n) is 6.10. The molecule has 1 heterocycles. The maximum atomic E-state index is 12.3. The van der Waals surface area contributed by atoms with Crippen LogP contribution in [0.15, 0.2) is 60.7 Å². The molecule has 0 amide bonds. The van der Waals surface area contributed by atoms with Crippen molar-refractivity contribution < 1.29 is 14.3 Å². The Morgan fingerprint density at radius 3 is 2.25 bits per heavy atom. The summed E-state index contributed by atoms with van der Waals surface area (Å²) in [5.74, 6) is -1.07. The van der Waals surface area contributed by atoms with Crippen molar-refractivity contribution in [3.8, 4) is 0 Å². The quantitative estimate of drug-likeness (QED) is 0.627. The molecular formula is C20H21NO3. The number of Topliss-reactive ketones (excluding diaryl/α,β-unsaturated/α-hetero) is 1. The fourth-order valence-electron chi connectivity index (χ4n) is 2.94. The van der Waals surface area contributed by atoms with E-state index >= 15 is 0 Å². The summed E-state index contributed by atoms with van der Waals surface area (Å²) in [4.78, 5) is 26.6. The van der Waals surface area contributed by atoms with Crippen LogP contribution in [-0.2, 0) is 27.5 Å². The molecule has 1 aliphatic heterocycles. The largest absolute Gasteiger partial charge is 0.460 e. The molecule has 1 aliphatic rings. The Balaban J connectivity index is 1.50. The molecular weight excluding hydrogens is 302 g/mol. The van der Waals surface area contributed by atoms with Gasteiger partial charge in [-0.3, -0.25) is 14.5 Å². The average molecular weight is 323 g/mol. The molecule has 0 bridgehead atoms. The number of hydrogen-bond donors (Lipinski definition) is 0. The zero-order valence-electron chi connectivity index (χ0n) is 13.6. The van der Waals surface area contributed by atoms with Gasteiger partial charge in [0.15, 0.2) is 5.78 Å². The van der Waals surface area contributed by atoms with Crippen LogP contribution in [0.2, 0.25) is 0 Å². The van der Waals surface area contributed by atoms with Crippen LogP contribution in [0, 0.1) is 5.92 Å². The number of carbonyl (C=O) groups is 2. The molecule has 1 fully saturated rings. The van der Waals surface area contributed by atoms with Crippen LogP contribution in [0.4, 0.5) is 0 Å². The van der Waals surface area contributed by atoms with Gasteiger partial charge in [-0.15, -0.1) is 0 Å². The summed E-state index contributed by atoms with van der Waals surface area (Å²) in [5, 5.41) is 0. The number of benzene rings is 2. The topological polar surface area (TPSA) is 46.6 Å². The molecule has 124 valence electrons. The van der Waals surface area contributed by atoms with Crippen LogP contribution in [-0.4, -0.2) is 29.7 Å². The fourth-order valence-corrected chi connectivity index (χ4v) is 2.94. The lowest BCUT2D eigenvalue weighted by molar-refractivity contribution is -0.155. The van der Waals surface area contributed by atoms with Crippen LogP contribution >= 0.6 is 0 Å². The van der Waals surface area contributed by atoms with Gasteiger partial charge < -0.3 is 4.74 Å². The van der Waals surface area contributed by atoms with Gasteiger partial charge in [-0.2, -0.15) is 0 Å². The first-order chi connectivity index (χ1) is 11.7. The van der Waals surface area contributed by atoms with E-state index in [2.05, 4.69) is 4.90 Å². The summed E-state index contributed by atoms with van der Waals surface area (Å²) >= 11 is 0. The van der Waals surface area contributed by atoms with Gasteiger partial charge in [0.2, 0.25) is 0 Å². The summed E-state index contributed by atoms with van der Waals surface area (Å²) in [5.41, 5.74) is 2.11. The minimum atomic E-state index is -0.624. The van der Waals surface area contributed by atoms with Crippen LogP contribution in [0.3, 0.4) is 0 Å². The third-order valence-corrected chi connectivity index (χ3v) is 4.26. The van der Waals surface area contributed by atoms with E-state index in [-0.39, 0.29) is 12.4 Å². The van der Waals surface area contributed by atoms with Gasteiger partial charge in [0.1, 0.15) is 12.5 Å². The highest BCUT2D eigenvalue weighted by Crippen LogP contribution is 2.18. The predicted octanol–water partition coefficient (Wildman–Crippen LogP) is 2.82. The number of carbonyl (C=O) groups excluding carboxylic acids is 2. The van der Waals surface area contributed by atoms with Crippen molar-refractivity contribution in [2.24, 2.45) is 5.92 Å². The first kappa shape index (κ1) is 16.4. The van der Waals surface area contributed by atoms with E-state index in [1.54, 1.807) is 0 Å². The minimum Gasteiger partial charge on any atom is -0.460 e. The van der Waals surface area contributed by atoms with E-state index in [1.807, 2.05) is 60.7 Å². The predicted molar refractivity (Wildman–Crippen MR) is 91.1 cm³/mol. The Morgan fingerprint density at radius 2 is 1.62 bits per heavy atom. The molecule has 0 spiro atoms. The molecule has 0 saturated carbocycles. The van der Waals surface area contributed by atoms with Gasteiger partial charge in [0.05, 0.1) is 6.54 Å². The number of piperidine rings is 1. The molecule has 0 aliphatic carbocycles. The Morgan fingerprint density at radius 1 is 1.00 bits per heavy atom. The van der Waals surface area contributed by atoms with Gasteiger partial charge in [0.25, 0.3) is 0 Å². The molecule has 0 radical (unpaired) electrons. The standard InChI is InChI=1S/C20H21NO3/c22-19-14-21(13-16-7-3-1-4-8-16)12-11-18(19)20(23)24-15-17-9-5-2-6-10-17/h1-10,18H,11-15H2/t18-/m1/s1. The van der Waals surface area contributed by atoms with Gasteiger partial charge in [0, 0.05) is 13.1 Å². The second kappa shape index (κ2) is 7.88. The van der Waals surface area contributed by atoms with Crippen molar-refractivity contribution >= 4 is 11.8 Å². The molecule has 2 aromatic carbocycles. The van der Waals surface area contributed by atoms with Crippen LogP contribution < -0.4 is 0 Å². The van der Waals surface area contributed by atoms with E-state index in [0.29, 0.717) is 13.0 Å². The van der Waals surface area contributed by atoms with E-state index in [9.17, 15) is 9.59 Å². The summed E-state index contributed by atoms with van der Waals surface area (Å²) in [6.45, 7) is 1.99. The van der Waals surface area contributed by atoms with Gasteiger partial charge >= 0.3 is 5.97 Å². The van der Waals surface area contributed by atoms with E-state index in [0.717, 1.165) is 18.7 Å². The summed E-state index contributed by atoms with van der Waals surface area (Å²) in [7, 11) is 0.